The van der Waals surface area contributed by atoms with Gasteiger partial charge in [-0.25, -0.2) is 0 Å². The lowest BCUT2D eigenvalue weighted by Gasteiger charge is -2.52. The fraction of sp³-hybridized carbons (Fsp3) is 0.867. The molecule has 2 aliphatic carbocycles. The molecule has 3 fully saturated rings. The fourth-order valence-corrected chi connectivity index (χ4v) is 4.57. The number of rotatable bonds is 1. The van der Waals surface area contributed by atoms with Crippen LogP contribution in [-0.2, 0) is 19.1 Å². The highest BCUT2D eigenvalue weighted by Crippen LogP contribution is 2.51. The molecule has 19 heavy (non-hydrogen) atoms. The lowest BCUT2D eigenvalue weighted by Crippen LogP contribution is -2.56. The van der Waals surface area contributed by atoms with E-state index in [4.69, 9.17) is 9.47 Å². The summed E-state index contributed by atoms with van der Waals surface area (Å²) in [6.07, 6.45) is 3.86. The molecule has 0 aromatic heterocycles. The first-order valence-electron chi connectivity index (χ1n) is 7.35. The first-order valence-corrected chi connectivity index (χ1v) is 7.35. The lowest BCUT2D eigenvalue weighted by molar-refractivity contribution is -0.183. The molecule has 0 amide bonds. The van der Waals surface area contributed by atoms with Gasteiger partial charge in [-0.2, -0.15) is 0 Å². The highest BCUT2D eigenvalue weighted by atomic mass is 16.5. The lowest BCUT2D eigenvalue weighted by atomic mass is 9.56. The summed E-state index contributed by atoms with van der Waals surface area (Å²) in [4.78, 5) is 24.0. The standard InChI is InChI=1S/C15H22O4/c1-8-3-4-10-12(16)7-19-14-11(15(17)18-2)6-5-9(8)13(10)14/h8-11,13-14H,3-7H2,1-2H3/t8-,9-,10+,11+,13-,14-/m1/s1. The maximum Gasteiger partial charge on any atom is 0.311 e. The molecular weight excluding hydrogens is 244 g/mol. The van der Waals surface area contributed by atoms with Crippen LogP contribution in [0.2, 0.25) is 0 Å². The zero-order valence-electron chi connectivity index (χ0n) is 11.6. The van der Waals surface area contributed by atoms with Crippen molar-refractivity contribution in [1.82, 2.24) is 0 Å². The Morgan fingerprint density at radius 1 is 1.26 bits per heavy atom. The minimum absolute atomic E-state index is 0.100. The largest absolute Gasteiger partial charge is 0.469 e. The van der Waals surface area contributed by atoms with Crippen molar-refractivity contribution in [1.29, 1.82) is 0 Å². The third-order valence-electron chi connectivity index (χ3n) is 5.55. The van der Waals surface area contributed by atoms with Crippen molar-refractivity contribution >= 4 is 11.8 Å². The van der Waals surface area contributed by atoms with E-state index in [-0.39, 0.29) is 42.2 Å². The third kappa shape index (κ3) is 2.00. The van der Waals surface area contributed by atoms with Crippen LogP contribution in [-0.4, -0.2) is 31.6 Å². The Labute approximate surface area is 113 Å². The molecule has 0 unspecified atom stereocenters. The van der Waals surface area contributed by atoms with E-state index in [0.29, 0.717) is 11.8 Å². The van der Waals surface area contributed by atoms with Crippen molar-refractivity contribution in [2.45, 2.75) is 38.7 Å². The summed E-state index contributed by atoms with van der Waals surface area (Å²) < 4.78 is 10.7. The Bertz CT molecular complexity index is 392. The molecule has 0 aromatic carbocycles. The van der Waals surface area contributed by atoms with Gasteiger partial charge in [0, 0.05) is 5.92 Å². The van der Waals surface area contributed by atoms with E-state index in [1.807, 2.05) is 0 Å². The highest BCUT2D eigenvalue weighted by molar-refractivity contribution is 5.84. The van der Waals surface area contributed by atoms with Crippen molar-refractivity contribution in [2.75, 3.05) is 13.7 Å². The second-order valence-corrected chi connectivity index (χ2v) is 6.35. The van der Waals surface area contributed by atoms with Crippen LogP contribution >= 0.6 is 0 Å². The molecule has 1 heterocycles. The quantitative estimate of drug-likeness (QED) is 0.679. The molecular formula is C15H22O4. The molecule has 3 aliphatic rings. The number of carbonyl (C=O) groups excluding carboxylic acids is 2. The molecule has 4 nitrogen and oxygen atoms in total. The smallest absolute Gasteiger partial charge is 0.311 e. The molecule has 1 aliphatic heterocycles. The Balaban J connectivity index is 1.89. The Morgan fingerprint density at radius 2 is 2.05 bits per heavy atom. The second-order valence-electron chi connectivity index (χ2n) is 6.35. The van der Waals surface area contributed by atoms with E-state index in [9.17, 15) is 9.59 Å². The highest BCUT2D eigenvalue weighted by Gasteiger charge is 2.54. The molecule has 106 valence electrons. The Kier molecular flexibility index (Phi) is 3.37. The van der Waals surface area contributed by atoms with Gasteiger partial charge in [0.25, 0.3) is 0 Å². The number of ketones is 1. The van der Waals surface area contributed by atoms with Gasteiger partial charge in [-0.1, -0.05) is 6.92 Å². The zero-order chi connectivity index (χ0) is 13.6. The first-order chi connectivity index (χ1) is 9.13. The summed E-state index contributed by atoms with van der Waals surface area (Å²) in [5.41, 5.74) is 0. The maximum atomic E-state index is 12.1. The van der Waals surface area contributed by atoms with Gasteiger partial charge in [-0.15, -0.1) is 0 Å². The van der Waals surface area contributed by atoms with Crippen LogP contribution in [0, 0.1) is 29.6 Å². The van der Waals surface area contributed by atoms with Crippen molar-refractivity contribution in [3.05, 3.63) is 0 Å². The van der Waals surface area contributed by atoms with Crippen LogP contribution < -0.4 is 0 Å². The number of hydrogen-bond donors (Lipinski definition) is 0. The Hall–Kier alpha value is -0.900. The van der Waals surface area contributed by atoms with Gasteiger partial charge < -0.3 is 9.47 Å². The van der Waals surface area contributed by atoms with Crippen LogP contribution in [0.5, 0.6) is 0 Å². The number of Topliss-reactive ketones (excluding diaryl/α,β-unsaturated/α-hetero) is 1. The molecule has 4 heteroatoms. The molecule has 0 radical (unpaired) electrons. The van der Waals surface area contributed by atoms with Gasteiger partial charge in [-0.3, -0.25) is 9.59 Å². The van der Waals surface area contributed by atoms with Crippen LogP contribution in [0.4, 0.5) is 0 Å². The molecule has 3 rings (SSSR count). The van der Waals surface area contributed by atoms with E-state index in [1.54, 1.807) is 0 Å². The summed E-state index contributed by atoms with van der Waals surface area (Å²) in [6.45, 7) is 2.45. The summed E-state index contributed by atoms with van der Waals surface area (Å²) in [5, 5.41) is 0. The van der Waals surface area contributed by atoms with Crippen LogP contribution in [0.3, 0.4) is 0 Å². The number of hydrogen-bond acceptors (Lipinski definition) is 4. The monoisotopic (exact) mass is 266 g/mol. The normalized spacial score (nSPS) is 45.5. The maximum absolute atomic E-state index is 12.1. The van der Waals surface area contributed by atoms with Crippen LogP contribution in [0.25, 0.3) is 0 Å². The minimum atomic E-state index is -0.174. The fourth-order valence-electron chi connectivity index (χ4n) is 4.57. The predicted molar refractivity (Wildman–Crippen MR) is 68.4 cm³/mol. The summed E-state index contributed by atoms with van der Waals surface area (Å²) >= 11 is 0. The topological polar surface area (TPSA) is 52.6 Å². The molecule has 0 N–H and O–H groups in total. The van der Waals surface area contributed by atoms with Gasteiger partial charge in [-0.05, 0) is 43.4 Å². The number of ether oxygens (including phenoxy) is 2. The van der Waals surface area contributed by atoms with Crippen molar-refractivity contribution in [3.8, 4) is 0 Å². The van der Waals surface area contributed by atoms with Gasteiger partial charge in [0.1, 0.15) is 6.61 Å². The van der Waals surface area contributed by atoms with E-state index in [2.05, 4.69) is 6.92 Å². The van der Waals surface area contributed by atoms with Gasteiger partial charge in [0.15, 0.2) is 5.78 Å². The van der Waals surface area contributed by atoms with Crippen LogP contribution in [0.15, 0.2) is 0 Å². The zero-order valence-corrected chi connectivity index (χ0v) is 11.6. The minimum Gasteiger partial charge on any atom is -0.469 e. The van der Waals surface area contributed by atoms with Crippen molar-refractivity contribution < 1.29 is 19.1 Å². The Morgan fingerprint density at radius 3 is 2.79 bits per heavy atom. The van der Waals surface area contributed by atoms with Gasteiger partial charge in [0.2, 0.25) is 0 Å². The van der Waals surface area contributed by atoms with E-state index in [1.165, 1.54) is 7.11 Å². The molecule has 1 saturated heterocycles. The average molecular weight is 266 g/mol. The summed E-state index contributed by atoms with van der Waals surface area (Å²) in [7, 11) is 1.43. The van der Waals surface area contributed by atoms with Crippen LogP contribution in [0.1, 0.15) is 32.6 Å². The third-order valence-corrected chi connectivity index (χ3v) is 5.55. The molecule has 2 saturated carbocycles. The second kappa shape index (κ2) is 4.89. The predicted octanol–water partition coefficient (Wildman–Crippen LogP) is 1.82. The number of methoxy groups -OCH3 is 1. The van der Waals surface area contributed by atoms with E-state index in [0.717, 1.165) is 25.7 Å². The van der Waals surface area contributed by atoms with E-state index < -0.39 is 0 Å². The average Bonchev–Trinajstić information content (AvgIpc) is 2.43. The summed E-state index contributed by atoms with van der Waals surface area (Å²) in [6, 6.07) is 0. The van der Waals surface area contributed by atoms with Crippen molar-refractivity contribution in [3.63, 3.8) is 0 Å². The van der Waals surface area contributed by atoms with Gasteiger partial charge >= 0.3 is 5.97 Å². The first kappa shape index (κ1) is 13.1. The summed E-state index contributed by atoms with van der Waals surface area (Å²) in [5.74, 6) is 1.42. The van der Waals surface area contributed by atoms with Gasteiger partial charge in [0.05, 0.1) is 19.1 Å². The number of esters is 1. The van der Waals surface area contributed by atoms with E-state index >= 15 is 0 Å². The molecule has 0 spiro atoms. The van der Waals surface area contributed by atoms with Crippen molar-refractivity contribution in [2.24, 2.45) is 29.6 Å². The molecule has 6 atom stereocenters. The SMILES string of the molecule is COC(=O)[C@H]1CC[C@H]2[C@H]3[C@@H]1OCC(=O)[C@@H]3CC[C@H]2C. The molecule has 0 aromatic rings. The number of carbonyl (C=O) groups is 2. The molecule has 0 bridgehead atoms.